The van der Waals surface area contributed by atoms with Crippen molar-refractivity contribution in [3.63, 3.8) is 0 Å². The molecule has 1 amide bonds. The van der Waals surface area contributed by atoms with Crippen molar-refractivity contribution in [2.75, 3.05) is 0 Å². The minimum Gasteiger partial charge on any atom is -0.480 e. The van der Waals surface area contributed by atoms with Gasteiger partial charge in [-0.1, -0.05) is 0 Å². The molecule has 0 aliphatic rings. The van der Waals surface area contributed by atoms with Gasteiger partial charge in [-0.3, -0.25) is 9.59 Å². The number of carbonyl (C=O) groups is 2. The lowest BCUT2D eigenvalue weighted by molar-refractivity contribution is -0.141. The molecule has 0 bridgehead atoms. The topological polar surface area (TPSA) is 66.4 Å². The van der Waals surface area contributed by atoms with Gasteiger partial charge in [0.25, 0.3) is 0 Å². The number of amides is 1. The molecule has 1 unspecified atom stereocenters. The van der Waals surface area contributed by atoms with Crippen LogP contribution in [0.2, 0.25) is 0 Å². The average Bonchev–Trinajstić information content (AvgIpc) is 1.87. The van der Waals surface area contributed by atoms with Crippen LogP contribution in [-0.2, 0) is 9.59 Å². The van der Waals surface area contributed by atoms with Gasteiger partial charge in [0, 0.05) is 0 Å². The maximum atomic E-state index is 10.8. The highest BCUT2D eigenvalue weighted by molar-refractivity contribution is 7.81. The molecule has 2 N–H and O–H groups in total. The van der Waals surface area contributed by atoms with E-state index in [1.54, 1.807) is 6.92 Å². The van der Waals surface area contributed by atoms with Crippen molar-refractivity contribution in [1.82, 2.24) is 5.32 Å². The van der Waals surface area contributed by atoms with Gasteiger partial charge in [0.2, 0.25) is 5.91 Å². The number of hydrogen-bond acceptors (Lipinski definition) is 3. The van der Waals surface area contributed by atoms with Crippen molar-refractivity contribution < 1.29 is 14.7 Å². The molecular weight excluding hydrogens is 166 g/mol. The molecule has 64 valence electrons. The molecule has 0 aromatic rings. The fourth-order valence-electron chi connectivity index (χ4n) is 0.396. The van der Waals surface area contributed by atoms with Crippen molar-refractivity contribution in [2.45, 2.75) is 25.1 Å². The molecular formula is C6H11NO3S. The molecule has 0 heterocycles. The van der Waals surface area contributed by atoms with E-state index < -0.39 is 17.3 Å². The molecule has 0 radical (unpaired) electrons. The average molecular weight is 177 g/mol. The predicted octanol–water partition coefficient (Wildman–Crippen LogP) is -0.106. The summed E-state index contributed by atoms with van der Waals surface area (Å²) < 4.78 is 0. The van der Waals surface area contributed by atoms with E-state index >= 15 is 0 Å². The van der Waals surface area contributed by atoms with Gasteiger partial charge >= 0.3 is 5.97 Å². The maximum Gasteiger partial charge on any atom is 0.325 e. The first-order valence-corrected chi connectivity index (χ1v) is 3.68. The number of carbonyl (C=O) groups excluding carboxylic acids is 1. The summed E-state index contributed by atoms with van der Waals surface area (Å²) in [6.45, 7) is 2.98. The fourth-order valence-corrected chi connectivity index (χ4v) is 0.470. The first-order valence-electron chi connectivity index (χ1n) is 3.16. The first-order chi connectivity index (χ1) is 4.95. The Balaban J connectivity index is 3.85. The summed E-state index contributed by atoms with van der Waals surface area (Å²) in [7, 11) is 0. The zero-order valence-corrected chi connectivity index (χ0v) is 7.26. The summed E-state index contributed by atoms with van der Waals surface area (Å²) in [5.74, 6) is -1.42. The van der Waals surface area contributed by atoms with Crippen molar-refractivity contribution in [3.05, 3.63) is 0 Å². The summed E-state index contributed by atoms with van der Waals surface area (Å²) in [4.78, 5) is 21.0. The largest absolute Gasteiger partial charge is 0.480 e. The number of thiol groups is 1. The predicted molar refractivity (Wildman–Crippen MR) is 43.7 cm³/mol. The second-order valence-electron chi connectivity index (χ2n) is 2.24. The number of rotatable bonds is 3. The molecule has 0 aliphatic heterocycles. The van der Waals surface area contributed by atoms with Gasteiger partial charge in [0.15, 0.2) is 0 Å². The lowest BCUT2D eigenvalue weighted by Crippen LogP contribution is -2.41. The molecule has 5 heteroatoms. The van der Waals surface area contributed by atoms with Gasteiger partial charge in [0.05, 0.1) is 5.25 Å². The van der Waals surface area contributed by atoms with Crippen molar-refractivity contribution in [2.24, 2.45) is 0 Å². The van der Waals surface area contributed by atoms with E-state index in [9.17, 15) is 9.59 Å². The summed E-state index contributed by atoms with van der Waals surface area (Å²) in [5, 5.41) is 10.2. The van der Waals surface area contributed by atoms with E-state index in [0.717, 1.165) is 0 Å². The molecule has 0 aromatic heterocycles. The lowest BCUT2D eigenvalue weighted by Gasteiger charge is -2.10. The number of nitrogens with one attached hydrogen (secondary N) is 1. The molecule has 0 aromatic carbocycles. The Morgan fingerprint density at radius 1 is 1.45 bits per heavy atom. The number of hydrogen-bond donors (Lipinski definition) is 3. The summed E-state index contributed by atoms with van der Waals surface area (Å²) >= 11 is 3.83. The van der Waals surface area contributed by atoms with E-state index in [2.05, 4.69) is 17.9 Å². The molecule has 0 saturated carbocycles. The van der Waals surface area contributed by atoms with Crippen LogP contribution in [0.3, 0.4) is 0 Å². The minimum absolute atomic E-state index is 0.372. The molecule has 0 rings (SSSR count). The van der Waals surface area contributed by atoms with Gasteiger partial charge in [0.1, 0.15) is 6.04 Å². The van der Waals surface area contributed by atoms with Crippen molar-refractivity contribution in [1.29, 1.82) is 0 Å². The van der Waals surface area contributed by atoms with E-state index in [-0.39, 0.29) is 5.91 Å². The highest BCUT2D eigenvalue weighted by Gasteiger charge is 2.15. The standard InChI is InChI=1S/C6H11NO3S/c1-3(6(9)10)7-5(8)4(2)11/h3-4,11H,1-2H3,(H,7,8)(H,9,10)/t3-,4?/m0/s1. The molecule has 0 spiro atoms. The zero-order valence-electron chi connectivity index (χ0n) is 6.37. The summed E-state index contributed by atoms with van der Waals surface area (Å²) in [6.07, 6.45) is 0. The Labute approximate surface area is 70.4 Å². The highest BCUT2D eigenvalue weighted by atomic mass is 32.1. The van der Waals surface area contributed by atoms with E-state index in [1.165, 1.54) is 6.92 Å². The van der Waals surface area contributed by atoms with Crippen LogP contribution < -0.4 is 5.32 Å². The molecule has 2 atom stereocenters. The third kappa shape index (κ3) is 3.87. The Bertz CT molecular complexity index is 169. The smallest absolute Gasteiger partial charge is 0.325 e. The van der Waals surface area contributed by atoms with E-state index in [1.807, 2.05) is 0 Å². The lowest BCUT2D eigenvalue weighted by atomic mass is 10.3. The van der Waals surface area contributed by atoms with Crippen LogP contribution in [-0.4, -0.2) is 28.3 Å². The second-order valence-corrected chi connectivity index (χ2v) is 3.02. The van der Waals surface area contributed by atoms with Gasteiger partial charge in [-0.25, -0.2) is 0 Å². The van der Waals surface area contributed by atoms with Crippen LogP contribution in [0, 0.1) is 0 Å². The molecule has 0 saturated heterocycles. The fraction of sp³-hybridized carbons (Fsp3) is 0.667. The third-order valence-corrected chi connectivity index (χ3v) is 1.34. The SMILES string of the molecule is CC(S)C(=O)N[C@@H](C)C(=O)O. The zero-order chi connectivity index (χ0) is 9.02. The van der Waals surface area contributed by atoms with Crippen LogP contribution in [0.4, 0.5) is 0 Å². The van der Waals surface area contributed by atoms with Gasteiger partial charge in [-0.05, 0) is 13.8 Å². The van der Waals surface area contributed by atoms with Crippen LogP contribution in [0.15, 0.2) is 0 Å². The van der Waals surface area contributed by atoms with Gasteiger partial charge in [-0.2, -0.15) is 12.6 Å². The summed E-state index contributed by atoms with van der Waals surface area (Å²) in [5.41, 5.74) is 0. The molecule has 0 aliphatic carbocycles. The first kappa shape index (κ1) is 10.3. The van der Waals surface area contributed by atoms with Crippen molar-refractivity contribution >= 4 is 24.5 Å². The van der Waals surface area contributed by atoms with Gasteiger partial charge < -0.3 is 10.4 Å². The van der Waals surface area contributed by atoms with Crippen LogP contribution in [0.25, 0.3) is 0 Å². The minimum atomic E-state index is -1.05. The maximum absolute atomic E-state index is 10.8. The number of aliphatic carboxylic acids is 1. The highest BCUT2D eigenvalue weighted by Crippen LogP contribution is 1.92. The van der Waals surface area contributed by atoms with E-state index in [4.69, 9.17) is 5.11 Å². The van der Waals surface area contributed by atoms with E-state index in [0.29, 0.717) is 0 Å². The quantitative estimate of drug-likeness (QED) is 0.527. The monoisotopic (exact) mass is 177 g/mol. The van der Waals surface area contributed by atoms with Crippen LogP contribution in [0.1, 0.15) is 13.8 Å². The second kappa shape index (κ2) is 4.23. The Morgan fingerprint density at radius 3 is 2.18 bits per heavy atom. The Morgan fingerprint density at radius 2 is 1.91 bits per heavy atom. The number of carboxylic acids is 1. The normalized spacial score (nSPS) is 15.2. The molecule has 11 heavy (non-hydrogen) atoms. The number of carboxylic acid groups (broad SMARTS) is 1. The van der Waals surface area contributed by atoms with Gasteiger partial charge in [-0.15, -0.1) is 0 Å². The molecule has 0 fully saturated rings. The third-order valence-electron chi connectivity index (χ3n) is 1.11. The Kier molecular flexibility index (Phi) is 3.95. The van der Waals surface area contributed by atoms with Crippen molar-refractivity contribution in [3.8, 4) is 0 Å². The Hall–Kier alpha value is -0.710. The van der Waals surface area contributed by atoms with Crippen LogP contribution >= 0.6 is 12.6 Å². The summed E-state index contributed by atoms with van der Waals surface area (Å²) in [6, 6.07) is -0.850. The molecule has 4 nitrogen and oxygen atoms in total. The van der Waals surface area contributed by atoms with Crippen LogP contribution in [0.5, 0.6) is 0 Å².